The van der Waals surface area contributed by atoms with E-state index in [1.54, 1.807) is 0 Å². The number of amides is 2. The van der Waals surface area contributed by atoms with Gasteiger partial charge in [-0.1, -0.05) is 0 Å². The van der Waals surface area contributed by atoms with Gasteiger partial charge in [-0.15, -0.1) is 0 Å². The van der Waals surface area contributed by atoms with Gasteiger partial charge in [0.15, 0.2) is 0 Å². The molecule has 0 unspecified atom stereocenters. The molecule has 90 valence electrons. The monoisotopic (exact) mass is 226 g/mol. The Labute approximate surface area is 94.7 Å². The van der Waals surface area contributed by atoms with E-state index >= 15 is 0 Å². The van der Waals surface area contributed by atoms with E-state index in [9.17, 15) is 9.59 Å². The summed E-state index contributed by atoms with van der Waals surface area (Å²) >= 11 is 0. The number of nitrogens with one attached hydrogen (secondary N) is 1. The molecule has 0 radical (unpaired) electrons. The molecule has 2 amide bonds. The van der Waals surface area contributed by atoms with Gasteiger partial charge in [-0.25, -0.2) is 4.79 Å². The Bertz CT molecular complexity index is 337. The lowest BCUT2D eigenvalue weighted by Crippen LogP contribution is -2.78. The summed E-state index contributed by atoms with van der Waals surface area (Å²) in [6, 6.07) is 0. The molecule has 3 aliphatic carbocycles. The Morgan fingerprint density at radius 3 is 2.12 bits per heavy atom. The Morgan fingerprint density at radius 1 is 1.25 bits per heavy atom. The van der Waals surface area contributed by atoms with Crippen LogP contribution in [0.2, 0.25) is 0 Å². The largest absolute Gasteiger partial charge is 0.444 e. The summed E-state index contributed by atoms with van der Waals surface area (Å²) in [7, 11) is 0. The minimum atomic E-state index is -0.491. The van der Waals surface area contributed by atoms with Crippen LogP contribution in [0, 0.1) is 5.41 Å². The number of hydrogen-bond donors (Lipinski definition) is 2. The maximum absolute atomic E-state index is 11.5. The molecule has 0 atom stereocenters. The molecule has 0 aromatic heterocycles. The first-order chi connectivity index (χ1) is 7.17. The van der Waals surface area contributed by atoms with Gasteiger partial charge in [0.2, 0.25) is 5.91 Å². The molecule has 3 N–H and O–H groups in total. The number of ether oxygens (including phenoxy) is 1. The molecule has 5 heteroatoms. The molecular weight excluding hydrogens is 208 g/mol. The van der Waals surface area contributed by atoms with Crippen LogP contribution in [-0.4, -0.2) is 23.1 Å². The molecule has 3 aliphatic rings. The fourth-order valence-corrected chi connectivity index (χ4v) is 2.70. The van der Waals surface area contributed by atoms with Crippen LogP contribution in [0.1, 0.15) is 40.0 Å². The van der Waals surface area contributed by atoms with Crippen LogP contribution in [0.5, 0.6) is 0 Å². The standard InChI is InChI=1S/C11H18N2O3/c1-9(2,3)16-8(15)13-11-4-10(5-11,6-11)7(12)14/h4-6H2,1-3H3,(H2,12,14)(H,13,15). The van der Waals surface area contributed by atoms with Crippen molar-refractivity contribution in [1.82, 2.24) is 5.32 Å². The van der Waals surface area contributed by atoms with Crippen molar-refractivity contribution in [3.63, 3.8) is 0 Å². The third-order valence-corrected chi connectivity index (χ3v) is 3.32. The van der Waals surface area contributed by atoms with Gasteiger partial charge >= 0.3 is 6.09 Å². The lowest BCUT2D eigenvalue weighted by Gasteiger charge is -2.68. The molecule has 0 aromatic rings. The number of carbonyl (C=O) groups excluding carboxylic acids is 2. The number of carbonyl (C=O) groups is 2. The fraction of sp³-hybridized carbons (Fsp3) is 0.818. The van der Waals surface area contributed by atoms with Crippen LogP contribution in [0.3, 0.4) is 0 Å². The highest BCUT2D eigenvalue weighted by atomic mass is 16.6. The maximum atomic E-state index is 11.5. The first kappa shape index (κ1) is 11.2. The molecule has 3 rings (SSSR count). The third-order valence-electron chi connectivity index (χ3n) is 3.32. The van der Waals surface area contributed by atoms with Gasteiger partial charge in [0.25, 0.3) is 0 Å². The summed E-state index contributed by atoms with van der Waals surface area (Å²) in [4.78, 5) is 22.6. The van der Waals surface area contributed by atoms with Crippen molar-refractivity contribution in [2.45, 2.75) is 51.2 Å². The number of rotatable bonds is 2. The van der Waals surface area contributed by atoms with Crippen molar-refractivity contribution in [2.24, 2.45) is 11.1 Å². The van der Waals surface area contributed by atoms with Crippen molar-refractivity contribution in [1.29, 1.82) is 0 Å². The zero-order chi connectivity index (χ0) is 12.2. The molecule has 2 bridgehead atoms. The van der Waals surface area contributed by atoms with Gasteiger partial charge in [0.1, 0.15) is 5.60 Å². The molecular formula is C11H18N2O3. The zero-order valence-corrected chi connectivity index (χ0v) is 9.92. The van der Waals surface area contributed by atoms with E-state index in [2.05, 4.69) is 5.32 Å². The van der Waals surface area contributed by atoms with E-state index in [1.165, 1.54) is 0 Å². The van der Waals surface area contributed by atoms with Gasteiger partial charge in [0.05, 0.1) is 5.41 Å². The summed E-state index contributed by atoms with van der Waals surface area (Å²) in [5, 5.41) is 2.83. The average molecular weight is 226 g/mol. The third kappa shape index (κ3) is 1.64. The van der Waals surface area contributed by atoms with E-state index in [0.29, 0.717) is 19.3 Å². The van der Waals surface area contributed by atoms with E-state index in [0.717, 1.165) is 0 Å². The Kier molecular flexibility index (Phi) is 2.03. The Balaban J connectivity index is 1.83. The number of nitrogens with two attached hydrogens (primary N) is 1. The van der Waals surface area contributed by atoms with Gasteiger partial charge < -0.3 is 15.8 Å². The number of hydrogen-bond acceptors (Lipinski definition) is 3. The molecule has 3 saturated carbocycles. The van der Waals surface area contributed by atoms with Crippen molar-refractivity contribution >= 4 is 12.0 Å². The van der Waals surface area contributed by atoms with Crippen molar-refractivity contribution in [3.8, 4) is 0 Å². The van der Waals surface area contributed by atoms with Gasteiger partial charge in [-0.05, 0) is 40.0 Å². The minimum absolute atomic E-state index is 0.225. The predicted molar refractivity (Wildman–Crippen MR) is 57.6 cm³/mol. The predicted octanol–water partition coefficient (Wildman–Crippen LogP) is 0.919. The Morgan fingerprint density at radius 2 is 1.75 bits per heavy atom. The fourth-order valence-electron chi connectivity index (χ4n) is 2.70. The van der Waals surface area contributed by atoms with Gasteiger partial charge in [-0.2, -0.15) is 0 Å². The molecule has 16 heavy (non-hydrogen) atoms. The van der Waals surface area contributed by atoms with E-state index < -0.39 is 11.7 Å². The number of alkyl carbamates (subject to hydrolysis) is 1. The first-order valence-electron chi connectivity index (χ1n) is 5.48. The summed E-state index contributed by atoms with van der Waals surface area (Å²) in [6.07, 6.45) is 1.57. The molecule has 0 aliphatic heterocycles. The molecule has 0 saturated heterocycles. The van der Waals surface area contributed by atoms with Gasteiger partial charge in [-0.3, -0.25) is 4.79 Å². The summed E-state index contributed by atoms with van der Waals surface area (Å²) in [5.41, 5.74) is 4.22. The van der Waals surface area contributed by atoms with E-state index in [4.69, 9.17) is 10.5 Å². The lowest BCUT2D eigenvalue weighted by molar-refractivity contribution is -0.176. The van der Waals surface area contributed by atoms with Crippen LogP contribution < -0.4 is 11.1 Å². The SMILES string of the molecule is CC(C)(C)OC(=O)NC12CC(C(N)=O)(C1)C2. The second-order valence-electron chi connectivity index (χ2n) is 6.08. The van der Waals surface area contributed by atoms with Crippen LogP contribution in [0.15, 0.2) is 0 Å². The van der Waals surface area contributed by atoms with Crippen molar-refractivity contribution in [3.05, 3.63) is 0 Å². The topological polar surface area (TPSA) is 81.4 Å². The second kappa shape index (κ2) is 2.90. The molecule has 0 heterocycles. The van der Waals surface area contributed by atoms with Crippen LogP contribution in [0.4, 0.5) is 4.79 Å². The smallest absolute Gasteiger partial charge is 0.408 e. The van der Waals surface area contributed by atoms with E-state index in [1.807, 2.05) is 20.8 Å². The molecule has 0 aromatic carbocycles. The quantitative estimate of drug-likeness (QED) is 0.734. The molecule has 0 spiro atoms. The minimum Gasteiger partial charge on any atom is -0.444 e. The van der Waals surface area contributed by atoms with Crippen LogP contribution >= 0.6 is 0 Å². The van der Waals surface area contributed by atoms with E-state index in [-0.39, 0.29) is 16.9 Å². The Hall–Kier alpha value is -1.26. The highest BCUT2D eigenvalue weighted by Crippen LogP contribution is 2.66. The summed E-state index contributed by atoms with van der Waals surface area (Å²) in [6.45, 7) is 5.46. The molecule has 3 fully saturated rings. The average Bonchev–Trinajstić information content (AvgIpc) is 1.88. The zero-order valence-electron chi connectivity index (χ0n) is 9.92. The molecule has 5 nitrogen and oxygen atoms in total. The van der Waals surface area contributed by atoms with Crippen molar-refractivity contribution in [2.75, 3.05) is 0 Å². The van der Waals surface area contributed by atoms with Crippen molar-refractivity contribution < 1.29 is 14.3 Å². The van der Waals surface area contributed by atoms with Crippen LogP contribution in [-0.2, 0) is 9.53 Å². The summed E-state index contributed by atoms with van der Waals surface area (Å²) in [5.74, 6) is -0.250. The van der Waals surface area contributed by atoms with Gasteiger partial charge in [0, 0.05) is 5.54 Å². The second-order valence-corrected chi connectivity index (χ2v) is 6.08. The maximum Gasteiger partial charge on any atom is 0.408 e. The number of primary amides is 1. The highest BCUT2D eigenvalue weighted by Gasteiger charge is 2.71. The highest BCUT2D eigenvalue weighted by molar-refractivity contribution is 5.86. The first-order valence-corrected chi connectivity index (χ1v) is 5.48. The normalized spacial score (nSPS) is 35.7. The lowest BCUT2D eigenvalue weighted by atomic mass is 9.39. The van der Waals surface area contributed by atoms with Crippen LogP contribution in [0.25, 0.3) is 0 Å². The summed E-state index contributed by atoms with van der Waals surface area (Å²) < 4.78 is 5.16.